The fourth-order valence-electron chi connectivity index (χ4n) is 1.65. The molecule has 1 N–H and O–H groups in total. The van der Waals surface area contributed by atoms with Gasteiger partial charge in [-0.15, -0.1) is 0 Å². The smallest absolute Gasteiger partial charge is 0.156 e. The quantitative estimate of drug-likeness (QED) is 0.667. The second kappa shape index (κ2) is 6.19. The van der Waals surface area contributed by atoms with Crippen LogP contribution in [0.5, 0.6) is 5.75 Å². The molecule has 0 saturated heterocycles. The molecule has 20 heavy (non-hydrogen) atoms. The molecule has 2 aromatic rings. The van der Waals surface area contributed by atoms with Crippen molar-refractivity contribution < 1.29 is 9.53 Å². The Kier molecular flexibility index (Phi) is 4.57. The summed E-state index contributed by atoms with van der Waals surface area (Å²) < 4.78 is 6.12. The first kappa shape index (κ1) is 14.7. The average molecular weight is 357 g/mol. The van der Waals surface area contributed by atoms with Gasteiger partial charge in [-0.25, -0.2) is 9.97 Å². The molecule has 0 saturated carbocycles. The van der Waals surface area contributed by atoms with E-state index in [2.05, 4.69) is 31.2 Å². The van der Waals surface area contributed by atoms with E-state index in [1.165, 1.54) is 0 Å². The van der Waals surface area contributed by atoms with Gasteiger partial charge >= 0.3 is 0 Å². The fourth-order valence-corrected chi connectivity index (χ4v) is 2.27. The first-order valence-corrected chi connectivity index (χ1v) is 6.82. The zero-order valence-electron chi connectivity index (χ0n) is 10.8. The summed E-state index contributed by atoms with van der Waals surface area (Å²) in [5.74, 6) is 1.43. The van der Waals surface area contributed by atoms with Crippen LogP contribution >= 0.6 is 27.5 Å². The monoisotopic (exact) mass is 355 g/mol. The first-order valence-electron chi connectivity index (χ1n) is 5.65. The molecule has 1 aromatic carbocycles. The van der Waals surface area contributed by atoms with Crippen LogP contribution in [0.15, 0.2) is 22.7 Å². The Morgan fingerprint density at radius 3 is 2.80 bits per heavy atom. The van der Waals surface area contributed by atoms with E-state index >= 15 is 0 Å². The Morgan fingerprint density at radius 1 is 1.40 bits per heavy atom. The number of hydrogen-bond donors (Lipinski definition) is 1. The van der Waals surface area contributed by atoms with E-state index in [1.54, 1.807) is 20.1 Å². The summed E-state index contributed by atoms with van der Waals surface area (Å²) in [6.07, 6.45) is 0.620. The highest BCUT2D eigenvalue weighted by molar-refractivity contribution is 9.10. The molecular weight excluding hydrogens is 346 g/mol. The third-order valence-electron chi connectivity index (χ3n) is 2.54. The standard InChI is InChI=1S/C13H11BrClN3O2/c1-7-16-12(15)9(6-19)13(17-7)18-10-5-8(14)3-4-11(10)20-2/h3-6H,1-2H3,(H,16,17,18). The molecule has 1 heterocycles. The van der Waals surface area contributed by atoms with Crippen molar-refractivity contribution >= 4 is 45.3 Å². The second-order valence-corrected chi connectivity index (χ2v) is 5.19. The number of methoxy groups -OCH3 is 1. The lowest BCUT2D eigenvalue weighted by Crippen LogP contribution is -2.04. The molecule has 0 unspecified atom stereocenters. The third kappa shape index (κ3) is 3.08. The van der Waals surface area contributed by atoms with Gasteiger partial charge in [0.05, 0.1) is 18.4 Å². The molecule has 0 spiro atoms. The number of aryl methyl sites for hydroxylation is 1. The van der Waals surface area contributed by atoms with E-state index in [1.807, 2.05) is 12.1 Å². The van der Waals surface area contributed by atoms with Crippen LogP contribution in [0.1, 0.15) is 16.2 Å². The van der Waals surface area contributed by atoms with Crippen molar-refractivity contribution in [1.82, 2.24) is 9.97 Å². The summed E-state index contributed by atoms with van der Waals surface area (Å²) in [4.78, 5) is 19.3. The number of ether oxygens (including phenoxy) is 1. The van der Waals surface area contributed by atoms with Gasteiger partial charge in [0.2, 0.25) is 0 Å². The molecule has 0 fully saturated rings. The van der Waals surface area contributed by atoms with E-state index in [4.69, 9.17) is 16.3 Å². The van der Waals surface area contributed by atoms with Crippen LogP contribution in [-0.4, -0.2) is 23.4 Å². The van der Waals surface area contributed by atoms with E-state index < -0.39 is 0 Å². The number of carbonyl (C=O) groups excluding carboxylic acids is 1. The number of halogens is 2. The Hall–Kier alpha value is -1.66. The molecule has 0 aliphatic carbocycles. The lowest BCUT2D eigenvalue weighted by atomic mass is 10.2. The number of carbonyl (C=O) groups is 1. The number of anilines is 2. The topological polar surface area (TPSA) is 64.1 Å². The molecule has 0 bridgehead atoms. The Bertz CT molecular complexity index is 664. The molecule has 7 heteroatoms. The van der Waals surface area contributed by atoms with Gasteiger partial charge in [-0.2, -0.15) is 0 Å². The van der Waals surface area contributed by atoms with Crippen LogP contribution in [0, 0.1) is 6.92 Å². The number of rotatable bonds is 4. The van der Waals surface area contributed by atoms with Gasteiger partial charge in [0, 0.05) is 4.47 Å². The van der Waals surface area contributed by atoms with Crippen LogP contribution in [-0.2, 0) is 0 Å². The van der Waals surface area contributed by atoms with Gasteiger partial charge in [-0.05, 0) is 25.1 Å². The Morgan fingerprint density at radius 2 is 2.15 bits per heavy atom. The first-order chi connectivity index (χ1) is 9.55. The maximum Gasteiger partial charge on any atom is 0.156 e. The third-order valence-corrected chi connectivity index (χ3v) is 3.32. The van der Waals surface area contributed by atoms with Gasteiger partial charge < -0.3 is 10.1 Å². The molecule has 0 radical (unpaired) electrons. The lowest BCUT2D eigenvalue weighted by molar-refractivity contribution is 0.112. The molecule has 104 valence electrons. The summed E-state index contributed by atoms with van der Waals surface area (Å²) in [5, 5.41) is 3.16. The molecule has 5 nitrogen and oxygen atoms in total. The highest BCUT2D eigenvalue weighted by Gasteiger charge is 2.13. The normalized spacial score (nSPS) is 10.2. The minimum atomic E-state index is 0.115. The number of nitrogens with zero attached hydrogens (tertiary/aromatic N) is 2. The summed E-state index contributed by atoms with van der Waals surface area (Å²) >= 11 is 9.32. The predicted molar refractivity (Wildman–Crippen MR) is 81.1 cm³/mol. The highest BCUT2D eigenvalue weighted by atomic mass is 79.9. The van der Waals surface area contributed by atoms with Gasteiger partial charge in [0.15, 0.2) is 6.29 Å². The van der Waals surface area contributed by atoms with Crippen molar-refractivity contribution in [2.75, 3.05) is 12.4 Å². The van der Waals surface area contributed by atoms with Crippen molar-refractivity contribution in [2.24, 2.45) is 0 Å². The van der Waals surface area contributed by atoms with Gasteiger partial charge in [-0.3, -0.25) is 4.79 Å². The SMILES string of the molecule is COc1ccc(Br)cc1Nc1nc(C)nc(Cl)c1C=O. The van der Waals surface area contributed by atoms with Crippen molar-refractivity contribution in [3.63, 3.8) is 0 Å². The van der Waals surface area contributed by atoms with Gasteiger partial charge in [0.1, 0.15) is 22.5 Å². The molecule has 2 rings (SSSR count). The predicted octanol–water partition coefficient (Wildman–Crippen LogP) is 3.77. The Balaban J connectivity index is 2.49. The van der Waals surface area contributed by atoms with Crippen LogP contribution in [0.3, 0.4) is 0 Å². The van der Waals surface area contributed by atoms with Crippen molar-refractivity contribution in [3.05, 3.63) is 39.2 Å². The van der Waals surface area contributed by atoms with E-state index in [0.717, 1.165) is 4.47 Å². The van der Waals surface area contributed by atoms with E-state index in [9.17, 15) is 4.79 Å². The Labute approximate surface area is 129 Å². The zero-order valence-corrected chi connectivity index (χ0v) is 13.1. The molecule has 1 aromatic heterocycles. The van der Waals surface area contributed by atoms with Gasteiger partial charge in [0.25, 0.3) is 0 Å². The molecule has 0 aliphatic heterocycles. The van der Waals surface area contributed by atoms with Gasteiger partial charge in [-0.1, -0.05) is 27.5 Å². The molecule has 0 aliphatic rings. The average Bonchev–Trinajstić information content (AvgIpc) is 2.38. The number of benzene rings is 1. The summed E-state index contributed by atoms with van der Waals surface area (Å²) in [6.45, 7) is 1.70. The summed E-state index contributed by atoms with van der Waals surface area (Å²) in [5.41, 5.74) is 0.874. The van der Waals surface area contributed by atoms with Crippen LogP contribution < -0.4 is 10.1 Å². The zero-order chi connectivity index (χ0) is 14.7. The molecule has 0 amide bonds. The maximum atomic E-state index is 11.1. The summed E-state index contributed by atoms with van der Waals surface area (Å²) in [6, 6.07) is 5.46. The summed E-state index contributed by atoms with van der Waals surface area (Å²) in [7, 11) is 1.56. The van der Waals surface area contributed by atoms with Crippen molar-refractivity contribution in [2.45, 2.75) is 6.92 Å². The number of hydrogen-bond acceptors (Lipinski definition) is 5. The minimum absolute atomic E-state index is 0.115. The van der Waals surface area contributed by atoms with E-state index in [-0.39, 0.29) is 10.7 Å². The number of aldehydes is 1. The molecular formula is C13H11BrClN3O2. The lowest BCUT2D eigenvalue weighted by Gasteiger charge is -2.13. The molecule has 0 atom stereocenters. The second-order valence-electron chi connectivity index (χ2n) is 3.91. The van der Waals surface area contributed by atoms with Crippen LogP contribution in [0.25, 0.3) is 0 Å². The number of aromatic nitrogens is 2. The van der Waals surface area contributed by atoms with Crippen molar-refractivity contribution in [1.29, 1.82) is 0 Å². The van der Waals surface area contributed by atoms with E-state index in [0.29, 0.717) is 29.4 Å². The van der Waals surface area contributed by atoms with Crippen LogP contribution in [0.2, 0.25) is 5.15 Å². The maximum absolute atomic E-state index is 11.1. The van der Waals surface area contributed by atoms with Crippen LogP contribution in [0.4, 0.5) is 11.5 Å². The number of nitrogens with one attached hydrogen (secondary N) is 1. The largest absolute Gasteiger partial charge is 0.495 e. The van der Waals surface area contributed by atoms with Crippen molar-refractivity contribution in [3.8, 4) is 5.75 Å². The highest BCUT2D eigenvalue weighted by Crippen LogP contribution is 2.31. The minimum Gasteiger partial charge on any atom is -0.495 e. The fraction of sp³-hybridized carbons (Fsp3) is 0.154.